The van der Waals surface area contributed by atoms with E-state index in [4.69, 9.17) is 9.63 Å². The highest BCUT2D eigenvalue weighted by Crippen LogP contribution is 2.25. The molecule has 24 heavy (non-hydrogen) atoms. The molecule has 0 bridgehead atoms. The number of hydrogen-bond donors (Lipinski definition) is 1. The Morgan fingerprint density at radius 1 is 1.21 bits per heavy atom. The summed E-state index contributed by atoms with van der Waals surface area (Å²) in [5.41, 5.74) is 1.61. The molecule has 0 spiro atoms. The number of aryl methyl sites for hydroxylation is 1. The lowest BCUT2D eigenvalue weighted by Gasteiger charge is -2.20. The second-order valence-electron chi connectivity index (χ2n) is 5.82. The Hall–Kier alpha value is -2.70. The highest BCUT2D eigenvalue weighted by Gasteiger charge is 2.28. The fourth-order valence-electron chi connectivity index (χ4n) is 2.88. The largest absolute Gasteiger partial charge is 0.480 e. The molecule has 3 rings (SSSR count). The molecule has 1 heterocycles. The van der Waals surface area contributed by atoms with Crippen LogP contribution in [0.2, 0.25) is 0 Å². The summed E-state index contributed by atoms with van der Waals surface area (Å²) in [4.78, 5) is 25.1. The first-order valence-corrected chi connectivity index (χ1v) is 7.77. The average Bonchev–Trinajstić information content (AvgIpc) is 2.99. The quantitative estimate of drug-likeness (QED) is 0.909. The van der Waals surface area contributed by atoms with Crippen LogP contribution in [0.5, 0.6) is 0 Å². The van der Waals surface area contributed by atoms with E-state index in [1.807, 2.05) is 0 Å². The molecular formula is C17H17FN2O4. The van der Waals surface area contributed by atoms with Gasteiger partial charge in [0.2, 0.25) is 0 Å². The first-order valence-electron chi connectivity index (χ1n) is 7.77. The SMILES string of the molecule is O=C(O)CN(Cc1ccc(F)cc1)C(=O)c1noc2c1CCCC2. The van der Waals surface area contributed by atoms with Crippen molar-refractivity contribution in [2.75, 3.05) is 6.54 Å². The van der Waals surface area contributed by atoms with Gasteiger partial charge in [-0.25, -0.2) is 4.39 Å². The number of benzene rings is 1. The maximum absolute atomic E-state index is 13.0. The highest BCUT2D eigenvalue weighted by molar-refractivity contribution is 5.95. The van der Waals surface area contributed by atoms with Crippen molar-refractivity contribution in [1.82, 2.24) is 10.1 Å². The minimum Gasteiger partial charge on any atom is -0.480 e. The molecule has 126 valence electrons. The van der Waals surface area contributed by atoms with Gasteiger partial charge < -0.3 is 14.5 Å². The molecule has 0 fully saturated rings. The Morgan fingerprint density at radius 3 is 2.62 bits per heavy atom. The molecule has 7 heteroatoms. The van der Waals surface area contributed by atoms with E-state index in [9.17, 15) is 14.0 Å². The number of rotatable bonds is 5. The number of halogens is 1. The third kappa shape index (κ3) is 3.45. The second-order valence-corrected chi connectivity index (χ2v) is 5.82. The standard InChI is InChI=1S/C17H17FN2O4/c18-12-7-5-11(6-8-12)9-20(10-15(21)22)17(23)16-13-3-1-2-4-14(13)24-19-16/h5-8H,1-4,9-10H2,(H,21,22). The van der Waals surface area contributed by atoms with Crippen molar-refractivity contribution < 1.29 is 23.6 Å². The number of aliphatic carboxylic acids is 1. The van der Waals surface area contributed by atoms with E-state index in [1.165, 1.54) is 29.2 Å². The maximum atomic E-state index is 13.0. The van der Waals surface area contributed by atoms with Crippen LogP contribution in [-0.4, -0.2) is 33.6 Å². The maximum Gasteiger partial charge on any atom is 0.323 e. The first-order chi connectivity index (χ1) is 11.5. The average molecular weight is 332 g/mol. The lowest BCUT2D eigenvalue weighted by atomic mass is 9.96. The van der Waals surface area contributed by atoms with Crippen LogP contribution < -0.4 is 0 Å². The van der Waals surface area contributed by atoms with Gasteiger partial charge in [0.05, 0.1) is 0 Å². The van der Waals surface area contributed by atoms with E-state index < -0.39 is 18.4 Å². The predicted molar refractivity (Wildman–Crippen MR) is 81.9 cm³/mol. The molecule has 0 saturated heterocycles. The second kappa shape index (κ2) is 6.82. The minimum absolute atomic E-state index is 0.0625. The molecule has 0 aliphatic heterocycles. The van der Waals surface area contributed by atoms with E-state index in [0.29, 0.717) is 17.7 Å². The molecule has 1 N–H and O–H groups in total. The zero-order chi connectivity index (χ0) is 17.1. The van der Waals surface area contributed by atoms with E-state index in [0.717, 1.165) is 24.8 Å². The van der Waals surface area contributed by atoms with Crippen molar-refractivity contribution in [2.45, 2.75) is 32.2 Å². The van der Waals surface area contributed by atoms with Crippen molar-refractivity contribution in [2.24, 2.45) is 0 Å². The molecule has 1 aliphatic rings. The van der Waals surface area contributed by atoms with Crippen LogP contribution in [-0.2, 0) is 24.2 Å². The molecule has 0 saturated carbocycles. The van der Waals surface area contributed by atoms with Gasteiger partial charge >= 0.3 is 5.97 Å². The van der Waals surface area contributed by atoms with Crippen LogP contribution in [0.15, 0.2) is 28.8 Å². The number of carboxylic acid groups (broad SMARTS) is 1. The molecule has 2 aromatic rings. The molecule has 1 aliphatic carbocycles. The number of aromatic nitrogens is 1. The highest BCUT2D eigenvalue weighted by atomic mass is 19.1. The van der Waals surface area contributed by atoms with Gasteiger partial charge in [0.1, 0.15) is 18.1 Å². The summed E-state index contributed by atoms with van der Waals surface area (Å²) in [5.74, 6) is -1.28. The molecule has 0 radical (unpaired) electrons. The van der Waals surface area contributed by atoms with Gasteiger partial charge in [0.25, 0.3) is 5.91 Å². The third-order valence-corrected chi connectivity index (χ3v) is 4.05. The van der Waals surface area contributed by atoms with E-state index in [-0.39, 0.29) is 18.1 Å². The predicted octanol–water partition coefficient (Wildman–Crippen LogP) is 2.42. The van der Waals surface area contributed by atoms with Crippen molar-refractivity contribution >= 4 is 11.9 Å². The fraction of sp³-hybridized carbons (Fsp3) is 0.353. The number of carbonyl (C=O) groups is 2. The summed E-state index contributed by atoms with van der Waals surface area (Å²) < 4.78 is 18.2. The van der Waals surface area contributed by atoms with Gasteiger partial charge in [0.15, 0.2) is 5.69 Å². The normalized spacial score (nSPS) is 13.4. The fourth-order valence-corrected chi connectivity index (χ4v) is 2.88. The lowest BCUT2D eigenvalue weighted by molar-refractivity contribution is -0.137. The molecule has 0 unspecified atom stereocenters. The molecule has 1 aromatic carbocycles. The van der Waals surface area contributed by atoms with Crippen LogP contribution in [0.4, 0.5) is 4.39 Å². The zero-order valence-corrected chi connectivity index (χ0v) is 13.0. The van der Waals surface area contributed by atoms with Crippen LogP contribution in [0.25, 0.3) is 0 Å². The Bertz CT molecular complexity index is 754. The van der Waals surface area contributed by atoms with Crippen LogP contribution in [0.1, 0.15) is 40.2 Å². The Balaban J connectivity index is 1.85. The molecule has 1 aromatic heterocycles. The van der Waals surface area contributed by atoms with Gasteiger partial charge in [-0.15, -0.1) is 0 Å². The van der Waals surface area contributed by atoms with Gasteiger partial charge in [-0.1, -0.05) is 17.3 Å². The first kappa shape index (κ1) is 16.2. The van der Waals surface area contributed by atoms with E-state index in [2.05, 4.69) is 5.16 Å². The number of carbonyl (C=O) groups excluding carboxylic acids is 1. The monoisotopic (exact) mass is 332 g/mol. The molecule has 6 nitrogen and oxygen atoms in total. The van der Waals surface area contributed by atoms with E-state index in [1.54, 1.807) is 0 Å². The third-order valence-electron chi connectivity index (χ3n) is 4.05. The zero-order valence-electron chi connectivity index (χ0n) is 13.0. The molecular weight excluding hydrogens is 315 g/mol. The van der Waals surface area contributed by atoms with E-state index >= 15 is 0 Å². The summed E-state index contributed by atoms with van der Waals surface area (Å²) in [5, 5.41) is 13.0. The van der Waals surface area contributed by atoms with Crippen LogP contribution >= 0.6 is 0 Å². The summed E-state index contributed by atoms with van der Waals surface area (Å²) in [6.07, 6.45) is 3.39. The summed E-state index contributed by atoms with van der Waals surface area (Å²) >= 11 is 0. The Morgan fingerprint density at radius 2 is 1.92 bits per heavy atom. The topological polar surface area (TPSA) is 83.6 Å². The van der Waals surface area contributed by atoms with Crippen molar-refractivity contribution in [3.05, 3.63) is 52.7 Å². The summed E-state index contributed by atoms with van der Waals surface area (Å²) in [6.45, 7) is -0.398. The van der Waals surface area contributed by atoms with Gasteiger partial charge in [0, 0.05) is 18.5 Å². The van der Waals surface area contributed by atoms with Crippen LogP contribution in [0.3, 0.4) is 0 Å². The number of fused-ring (bicyclic) bond motifs is 1. The smallest absolute Gasteiger partial charge is 0.323 e. The molecule has 1 amide bonds. The number of amides is 1. The summed E-state index contributed by atoms with van der Waals surface area (Å²) in [6, 6.07) is 5.60. The van der Waals surface area contributed by atoms with Crippen LogP contribution in [0, 0.1) is 5.82 Å². The Kier molecular flexibility index (Phi) is 4.59. The minimum atomic E-state index is -1.12. The lowest BCUT2D eigenvalue weighted by Crippen LogP contribution is -2.36. The van der Waals surface area contributed by atoms with Gasteiger partial charge in [-0.2, -0.15) is 0 Å². The van der Waals surface area contributed by atoms with Gasteiger partial charge in [-0.05, 0) is 37.0 Å². The van der Waals surface area contributed by atoms with Crippen molar-refractivity contribution in [3.8, 4) is 0 Å². The van der Waals surface area contributed by atoms with Gasteiger partial charge in [-0.3, -0.25) is 9.59 Å². The number of nitrogens with zero attached hydrogens (tertiary/aromatic N) is 2. The van der Waals surface area contributed by atoms with Crippen molar-refractivity contribution in [1.29, 1.82) is 0 Å². The number of carboxylic acids is 1. The molecule has 0 atom stereocenters. The summed E-state index contributed by atoms with van der Waals surface area (Å²) in [7, 11) is 0. The Labute approximate surface area is 137 Å². The number of hydrogen-bond acceptors (Lipinski definition) is 4. The van der Waals surface area contributed by atoms with Crippen molar-refractivity contribution in [3.63, 3.8) is 0 Å².